The molecule has 0 fully saturated rings. The smallest absolute Gasteiger partial charge is 0.309 e. The summed E-state index contributed by atoms with van der Waals surface area (Å²) in [5.74, 6) is -0.282. The number of carbonyl (C=O) groups is 3. The molecule has 1 aromatic heterocycles. The molecule has 2 aromatic rings. The number of nitrogens with one attached hydrogen (secondary N) is 1. The molecule has 1 atom stereocenters. The molecule has 0 spiro atoms. The maximum absolute atomic E-state index is 12.6. The summed E-state index contributed by atoms with van der Waals surface area (Å²) >= 11 is 0. The fourth-order valence-electron chi connectivity index (χ4n) is 3.00. The first-order valence-corrected chi connectivity index (χ1v) is 8.84. The van der Waals surface area contributed by atoms with Crippen LogP contribution in [-0.4, -0.2) is 35.2 Å². The van der Waals surface area contributed by atoms with Crippen LogP contribution in [0.2, 0.25) is 0 Å². The fourth-order valence-corrected chi connectivity index (χ4v) is 3.00. The maximum atomic E-state index is 12.6. The van der Waals surface area contributed by atoms with E-state index in [2.05, 4.69) is 4.98 Å². The van der Waals surface area contributed by atoms with Gasteiger partial charge in [-0.2, -0.15) is 0 Å². The molecule has 2 rings (SSSR count). The van der Waals surface area contributed by atoms with Crippen LogP contribution < -0.4 is 4.74 Å². The van der Waals surface area contributed by atoms with E-state index in [1.807, 2.05) is 31.2 Å². The lowest BCUT2D eigenvalue weighted by Crippen LogP contribution is -2.26. The number of esters is 1. The number of hydrogen-bond acceptors (Lipinski definition) is 5. The first-order chi connectivity index (χ1) is 12.7. The van der Waals surface area contributed by atoms with Crippen molar-refractivity contribution in [1.29, 1.82) is 0 Å². The first-order valence-electron chi connectivity index (χ1n) is 8.84. The SMILES string of the molecule is CC(=O)c1c(C)[nH]c(C(=O)[C@H](C)OC(=O)CCOc2ccccc2C)c1C. The zero-order chi connectivity index (χ0) is 20.1. The zero-order valence-electron chi connectivity index (χ0n) is 16.3. The molecule has 27 heavy (non-hydrogen) atoms. The Morgan fingerprint density at radius 3 is 2.37 bits per heavy atom. The Balaban J connectivity index is 1.92. The molecule has 0 amide bonds. The summed E-state index contributed by atoms with van der Waals surface area (Å²) < 4.78 is 10.8. The highest BCUT2D eigenvalue weighted by molar-refractivity contribution is 6.05. The Hall–Kier alpha value is -2.89. The van der Waals surface area contributed by atoms with E-state index in [0.717, 1.165) is 5.56 Å². The molecular weight excluding hydrogens is 346 g/mol. The standard InChI is InChI=1S/C21H25NO5/c1-12-8-6-7-9-17(12)26-11-10-18(24)27-16(5)21(25)20-13(2)19(15(4)23)14(3)22-20/h6-9,16,22H,10-11H2,1-5H3/t16-/m0/s1. The minimum atomic E-state index is -0.951. The number of aryl methyl sites for hydroxylation is 2. The van der Waals surface area contributed by atoms with Crippen molar-refractivity contribution in [3.63, 3.8) is 0 Å². The second-order valence-electron chi connectivity index (χ2n) is 6.54. The van der Waals surface area contributed by atoms with Gasteiger partial charge in [0.15, 0.2) is 11.9 Å². The van der Waals surface area contributed by atoms with Gasteiger partial charge in [-0.3, -0.25) is 14.4 Å². The van der Waals surface area contributed by atoms with Crippen LogP contribution in [0.25, 0.3) is 0 Å². The summed E-state index contributed by atoms with van der Waals surface area (Å²) in [6.45, 7) is 8.50. The van der Waals surface area contributed by atoms with Gasteiger partial charge >= 0.3 is 5.97 Å². The van der Waals surface area contributed by atoms with E-state index in [1.54, 1.807) is 13.8 Å². The second kappa shape index (κ2) is 8.66. The molecular formula is C21H25NO5. The van der Waals surface area contributed by atoms with E-state index in [4.69, 9.17) is 9.47 Å². The lowest BCUT2D eigenvalue weighted by Gasteiger charge is -2.13. The number of rotatable bonds is 8. The lowest BCUT2D eigenvalue weighted by molar-refractivity contribution is -0.146. The van der Waals surface area contributed by atoms with Gasteiger partial charge in [0.25, 0.3) is 0 Å². The summed E-state index contributed by atoms with van der Waals surface area (Å²) in [7, 11) is 0. The van der Waals surface area contributed by atoms with Crippen molar-refractivity contribution in [1.82, 2.24) is 4.98 Å². The molecule has 1 N–H and O–H groups in total. The molecule has 1 heterocycles. The van der Waals surface area contributed by atoms with Crippen LogP contribution >= 0.6 is 0 Å². The minimum Gasteiger partial charge on any atom is -0.493 e. The molecule has 6 nitrogen and oxygen atoms in total. The van der Waals surface area contributed by atoms with Crippen molar-refractivity contribution >= 4 is 17.5 Å². The third-order valence-electron chi connectivity index (χ3n) is 4.37. The van der Waals surface area contributed by atoms with Crippen LogP contribution in [0, 0.1) is 20.8 Å². The van der Waals surface area contributed by atoms with E-state index in [-0.39, 0.29) is 24.6 Å². The number of benzene rings is 1. The number of para-hydroxylation sites is 1. The van der Waals surface area contributed by atoms with Gasteiger partial charge in [0.2, 0.25) is 5.78 Å². The van der Waals surface area contributed by atoms with Gasteiger partial charge in [-0.1, -0.05) is 18.2 Å². The van der Waals surface area contributed by atoms with E-state index in [9.17, 15) is 14.4 Å². The quantitative estimate of drug-likeness (QED) is 0.564. The predicted octanol–water partition coefficient (Wildman–Crippen LogP) is 3.73. The van der Waals surface area contributed by atoms with Gasteiger partial charge in [-0.25, -0.2) is 0 Å². The van der Waals surface area contributed by atoms with Crippen LogP contribution in [0.5, 0.6) is 5.75 Å². The number of Topliss-reactive ketones (excluding diaryl/α,β-unsaturated/α-hetero) is 2. The molecule has 0 unspecified atom stereocenters. The highest BCUT2D eigenvalue weighted by Crippen LogP contribution is 2.21. The predicted molar refractivity (Wildman–Crippen MR) is 101 cm³/mol. The van der Waals surface area contributed by atoms with Crippen molar-refractivity contribution < 1.29 is 23.9 Å². The molecule has 0 bridgehead atoms. The summed E-state index contributed by atoms with van der Waals surface area (Å²) in [5, 5.41) is 0. The van der Waals surface area contributed by atoms with Crippen LogP contribution in [-0.2, 0) is 9.53 Å². The van der Waals surface area contributed by atoms with E-state index in [1.165, 1.54) is 13.8 Å². The lowest BCUT2D eigenvalue weighted by atomic mass is 10.0. The molecule has 0 saturated carbocycles. The van der Waals surface area contributed by atoms with Crippen LogP contribution in [0.3, 0.4) is 0 Å². The molecule has 1 aromatic carbocycles. The summed E-state index contributed by atoms with van der Waals surface area (Å²) in [6.07, 6.45) is -0.916. The average Bonchev–Trinajstić information content (AvgIpc) is 2.90. The zero-order valence-corrected chi connectivity index (χ0v) is 16.3. The Kier molecular flexibility index (Phi) is 6.55. The normalized spacial score (nSPS) is 11.7. The molecule has 6 heteroatoms. The minimum absolute atomic E-state index is 0.0351. The highest BCUT2D eigenvalue weighted by atomic mass is 16.5. The number of carbonyl (C=O) groups excluding carboxylic acids is 3. The van der Waals surface area contributed by atoms with Crippen LogP contribution in [0.15, 0.2) is 24.3 Å². The van der Waals surface area contributed by atoms with Gasteiger partial charge in [-0.15, -0.1) is 0 Å². The molecule has 0 radical (unpaired) electrons. The third-order valence-corrected chi connectivity index (χ3v) is 4.37. The van der Waals surface area contributed by atoms with Gasteiger partial charge in [0.1, 0.15) is 5.75 Å². The van der Waals surface area contributed by atoms with Crippen molar-refractivity contribution in [2.24, 2.45) is 0 Å². The highest BCUT2D eigenvalue weighted by Gasteiger charge is 2.25. The van der Waals surface area contributed by atoms with Gasteiger partial charge in [0, 0.05) is 11.3 Å². The molecule has 0 saturated heterocycles. The number of H-pyrrole nitrogens is 1. The summed E-state index contributed by atoms with van der Waals surface area (Å²) in [5.41, 5.74) is 3.00. The van der Waals surface area contributed by atoms with Crippen molar-refractivity contribution in [3.8, 4) is 5.75 Å². The number of hydrogen-bond donors (Lipinski definition) is 1. The van der Waals surface area contributed by atoms with Gasteiger partial charge in [0.05, 0.1) is 18.7 Å². The third kappa shape index (κ3) is 4.84. The van der Waals surface area contributed by atoms with Crippen molar-refractivity contribution in [2.75, 3.05) is 6.61 Å². The number of ether oxygens (including phenoxy) is 2. The molecule has 144 valence electrons. The maximum Gasteiger partial charge on any atom is 0.309 e. The molecule has 0 aliphatic carbocycles. The van der Waals surface area contributed by atoms with Crippen LogP contribution in [0.1, 0.15) is 57.9 Å². The number of aromatic amines is 1. The summed E-state index contributed by atoms with van der Waals surface area (Å²) in [6, 6.07) is 7.52. The van der Waals surface area contributed by atoms with Crippen molar-refractivity contribution in [3.05, 3.63) is 52.3 Å². The second-order valence-corrected chi connectivity index (χ2v) is 6.54. The van der Waals surface area contributed by atoms with Crippen molar-refractivity contribution in [2.45, 2.75) is 47.1 Å². The Morgan fingerprint density at radius 2 is 1.78 bits per heavy atom. The number of ketones is 2. The van der Waals surface area contributed by atoms with Gasteiger partial charge in [-0.05, 0) is 51.8 Å². The Morgan fingerprint density at radius 1 is 1.11 bits per heavy atom. The molecule has 0 aliphatic rings. The van der Waals surface area contributed by atoms with Crippen LogP contribution in [0.4, 0.5) is 0 Å². The summed E-state index contributed by atoms with van der Waals surface area (Å²) in [4.78, 5) is 39.2. The topological polar surface area (TPSA) is 85.5 Å². The monoisotopic (exact) mass is 371 g/mol. The molecule has 0 aliphatic heterocycles. The van der Waals surface area contributed by atoms with E-state index < -0.39 is 12.1 Å². The first kappa shape index (κ1) is 20.4. The van der Waals surface area contributed by atoms with E-state index >= 15 is 0 Å². The Labute approximate surface area is 158 Å². The van der Waals surface area contributed by atoms with E-state index in [0.29, 0.717) is 28.3 Å². The van der Waals surface area contributed by atoms with Gasteiger partial charge < -0.3 is 14.5 Å². The largest absolute Gasteiger partial charge is 0.493 e. The average molecular weight is 371 g/mol. The number of aromatic nitrogens is 1. The fraction of sp³-hybridized carbons (Fsp3) is 0.381. The Bertz CT molecular complexity index is 865.